The van der Waals surface area contributed by atoms with Crippen molar-refractivity contribution in [3.8, 4) is 0 Å². The first-order chi connectivity index (χ1) is 6.83. The van der Waals surface area contributed by atoms with Gasteiger partial charge in [-0.25, -0.2) is 0 Å². The Morgan fingerprint density at radius 1 is 1.36 bits per heavy atom. The van der Waals surface area contributed by atoms with E-state index < -0.39 is 0 Å². The third-order valence-electron chi connectivity index (χ3n) is 2.73. The molecule has 0 aliphatic carbocycles. The summed E-state index contributed by atoms with van der Waals surface area (Å²) in [7, 11) is 0. The molecule has 1 unspecified atom stereocenters. The van der Waals surface area contributed by atoms with Crippen molar-refractivity contribution >= 4 is 11.6 Å². The Morgan fingerprint density at radius 2 is 2.07 bits per heavy atom. The average Bonchev–Trinajstić information content (AvgIpc) is 2.61. The van der Waals surface area contributed by atoms with E-state index in [9.17, 15) is 4.79 Å². The van der Waals surface area contributed by atoms with Gasteiger partial charge in [-0.05, 0) is 25.0 Å². The van der Waals surface area contributed by atoms with Gasteiger partial charge in [0, 0.05) is 18.2 Å². The monoisotopic (exact) mass is 188 g/mol. The molecule has 1 aliphatic rings. The molecule has 14 heavy (non-hydrogen) atoms. The van der Waals surface area contributed by atoms with Crippen molar-refractivity contribution in [1.82, 2.24) is 0 Å². The summed E-state index contributed by atoms with van der Waals surface area (Å²) in [5.41, 5.74) is 1.01. The van der Waals surface area contributed by atoms with Crippen molar-refractivity contribution in [2.75, 3.05) is 11.4 Å². The Kier molecular flexibility index (Phi) is 2.53. The van der Waals surface area contributed by atoms with Gasteiger partial charge in [-0.1, -0.05) is 25.1 Å². The molecule has 0 bridgehead atoms. The minimum atomic E-state index is 0.134. The number of hydrogen-bond donors (Lipinski definition) is 0. The van der Waals surface area contributed by atoms with E-state index >= 15 is 0 Å². The molecule has 2 heteroatoms. The highest BCUT2D eigenvalue weighted by Crippen LogP contribution is 2.26. The Bertz CT molecular complexity index is 320. The Morgan fingerprint density at radius 3 is 2.64 bits per heavy atom. The van der Waals surface area contributed by atoms with Crippen molar-refractivity contribution in [2.45, 2.75) is 12.8 Å². The van der Waals surface area contributed by atoms with E-state index in [0.29, 0.717) is 6.42 Å². The van der Waals surface area contributed by atoms with E-state index in [4.69, 9.17) is 0 Å². The van der Waals surface area contributed by atoms with Crippen LogP contribution in [0.25, 0.3) is 0 Å². The van der Waals surface area contributed by atoms with Gasteiger partial charge in [0.2, 0.25) is 5.91 Å². The zero-order valence-electron chi connectivity index (χ0n) is 8.15. The molecule has 0 aromatic heterocycles. The molecule has 1 radical (unpaired) electrons. The van der Waals surface area contributed by atoms with E-state index in [2.05, 4.69) is 6.92 Å². The third kappa shape index (κ3) is 1.52. The van der Waals surface area contributed by atoms with Crippen LogP contribution in [0.2, 0.25) is 0 Å². The molecule has 0 spiro atoms. The lowest BCUT2D eigenvalue weighted by Gasteiger charge is -2.16. The van der Waals surface area contributed by atoms with Gasteiger partial charge in [0.15, 0.2) is 0 Å². The van der Waals surface area contributed by atoms with E-state index in [0.717, 1.165) is 18.7 Å². The number of carbonyl (C=O) groups excluding carboxylic acids is 1. The summed E-state index contributed by atoms with van der Waals surface area (Å²) in [6.07, 6.45) is 1.65. The van der Waals surface area contributed by atoms with E-state index in [1.807, 2.05) is 35.2 Å². The fraction of sp³-hybridized carbons (Fsp3) is 0.333. The van der Waals surface area contributed by atoms with Crippen molar-refractivity contribution in [3.05, 3.63) is 37.3 Å². The second-order valence-electron chi connectivity index (χ2n) is 3.60. The molecule has 2 rings (SSSR count). The summed E-state index contributed by atoms with van der Waals surface area (Å²) in [5, 5.41) is 0. The summed E-state index contributed by atoms with van der Waals surface area (Å²) < 4.78 is 0. The number of rotatable bonds is 2. The fourth-order valence-corrected chi connectivity index (χ4v) is 1.87. The molecule has 1 saturated heterocycles. The molecular formula is C12H14NO. The molecule has 0 N–H and O–H groups in total. The van der Waals surface area contributed by atoms with Gasteiger partial charge in [0.05, 0.1) is 0 Å². The number of carbonyl (C=O) groups is 1. The van der Waals surface area contributed by atoms with Gasteiger partial charge in [0.1, 0.15) is 0 Å². The van der Waals surface area contributed by atoms with Gasteiger partial charge < -0.3 is 4.90 Å². The van der Waals surface area contributed by atoms with Crippen molar-refractivity contribution < 1.29 is 4.79 Å². The molecule has 73 valence electrons. The second-order valence-corrected chi connectivity index (χ2v) is 3.60. The van der Waals surface area contributed by atoms with Crippen molar-refractivity contribution in [3.63, 3.8) is 0 Å². The summed E-state index contributed by atoms with van der Waals surface area (Å²) >= 11 is 0. The van der Waals surface area contributed by atoms with E-state index in [-0.39, 0.29) is 11.8 Å². The number of nitrogens with zero attached hydrogens (tertiary/aromatic N) is 1. The smallest absolute Gasteiger partial charge is 0.230 e. The van der Waals surface area contributed by atoms with Crippen LogP contribution in [0.3, 0.4) is 0 Å². The summed E-state index contributed by atoms with van der Waals surface area (Å²) in [6.45, 7) is 4.64. The molecule has 0 saturated carbocycles. The third-order valence-corrected chi connectivity index (χ3v) is 2.73. The Labute approximate surface area is 84.5 Å². The minimum absolute atomic E-state index is 0.134. The maximum absolute atomic E-state index is 11.8. The second kappa shape index (κ2) is 3.82. The predicted molar refractivity (Wildman–Crippen MR) is 56.9 cm³/mol. The van der Waals surface area contributed by atoms with Gasteiger partial charge >= 0.3 is 0 Å². The highest BCUT2D eigenvalue weighted by atomic mass is 16.2. The Hall–Kier alpha value is -1.31. The molecule has 1 amide bonds. The number of hydrogen-bond acceptors (Lipinski definition) is 1. The van der Waals surface area contributed by atoms with Gasteiger partial charge in [-0.2, -0.15) is 0 Å². The first kappa shape index (κ1) is 9.25. The van der Waals surface area contributed by atoms with Gasteiger partial charge in [-0.3, -0.25) is 4.79 Å². The van der Waals surface area contributed by atoms with Crippen LogP contribution in [0.1, 0.15) is 12.8 Å². The molecule has 2 nitrogen and oxygen atoms in total. The van der Waals surface area contributed by atoms with Crippen molar-refractivity contribution in [1.29, 1.82) is 0 Å². The maximum atomic E-state index is 11.8. The average molecular weight is 188 g/mol. The summed E-state index contributed by atoms with van der Waals surface area (Å²) in [5.74, 6) is 0.362. The van der Waals surface area contributed by atoms with E-state index in [1.165, 1.54) is 0 Å². The van der Waals surface area contributed by atoms with Crippen molar-refractivity contribution in [2.24, 2.45) is 5.92 Å². The standard InChI is InChI=1S/C12H14NO/c1-2-10-8-9-13(12(10)14)11-6-4-3-5-7-11/h3-7,10H,1-2,8-9H2. The van der Waals surface area contributed by atoms with Crippen LogP contribution < -0.4 is 4.90 Å². The van der Waals surface area contributed by atoms with E-state index in [1.54, 1.807) is 0 Å². The lowest BCUT2D eigenvalue weighted by molar-refractivity contribution is -0.120. The molecule has 1 aromatic rings. The van der Waals surface area contributed by atoms with Crippen LogP contribution in [0.5, 0.6) is 0 Å². The van der Waals surface area contributed by atoms with Crippen LogP contribution in [-0.2, 0) is 4.79 Å². The number of para-hydroxylation sites is 1. The summed E-state index contributed by atoms with van der Waals surface area (Å²) in [4.78, 5) is 13.7. The zero-order chi connectivity index (χ0) is 9.97. The molecule has 1 aliphatic heterocycles. The SMILES string of the molecule is [CH2]CC1CCN(c2ccccc2)C1=O. The zero-order valence-corrected chi connectivity index (χ0v) is 8.15. The van der Waals surface area contributed by atoms with Crippen LogP contribution in [0.4, 0.5) is 5.69 Å². The quantitative estimate of drug-likeness (QED) is 0.697. The lowest BCUT2D eigenvalue weighted by Crippen LogP contribution is -2.26. The fourth-order valence-electron chi connectivity index (χ4n) is 1.87. The highest BCUT2D eigenvalue weighted by molar-refractivity contribution is 5.97. The Balaban J connectivity index is 2.18. The van der Waals surface area contributed by atoms with Gasteiger partial charge in [0.25, 0.3) is 0 Å². The van der Waals surface area contributed by atoms with Gasteiger partial charge in [-0.15, -0.1) is 0 Å². The lowest BCUT2D eigenvalue weighted by atomic mass is 10.1. The van der Waals surface area contributed by atoms with Crippen LogP contribution in [-0.4, -0.2) is 12.5 Å². The topological polar surface area (TPSA) is 20.3 Å². The van der Waals surface area contributed by atoms with Crippen LogP contribution in [0.15, 0.2) is 30.3 Å². The number of amides is 1. The minimum Gasteiger partial charge on any atom is -0.312 e. The first-order valence-corrected chi connectivity index (χ1v) is 4.98. The largest absolute Gasteiger partial charge is 0.312 e. The highest BCUT2D eigenvalue weighted by Gasteiger charge is 2.30. The number of benzene rings is 1. The first-order valence-electron chi connectivity index (χ1n) is 4.98. The maximum Gasteiger partial charge on any atom is 0.230 e. The molecule has 1 atom stereocenters. The van der Waals surface area contributed by atoms with Crippen LogP contribution in [0, 0.1) is 12.8 Å². The van der Waals surface area contributed by atoms with Crippen LogP contribution >= 0.6 is 0 Å². The molecule has 1 aromatic carbocycles. The molecule has 1 fully saturated rings. The molecular weight excluding hydrogens is 174 g/mol. The number of anilines is 1. The predicted octanol–water partition coefficient (Wildman–Crippen LogP) is 2.26. The normalized spacial score (nSPS) is 21.6. The molecule has 1 heterocycles. The summed E-state index contributed by atoms with van der Waals surface area (Å²) in [6, 6.07) is 9.83.